The first-order valence-electron chi connectivity index (χ1n) is 8.05. The molecule has 0 N–H and O–H groups in total. The number of rotatable bonds is 0. The Morgan fingerprint density at radius 3 is 2.77 bits per heavy atom. The van der Waals surface area contributed by atoms with Crippen molar-refractivity contribution >= 4 is 16.3 Å². The molecule has 0 saturated heterocycles. The Balaban J connectivity index is 1.95. The highest BCUT2D eigenvalue weighted by atomic mass is 14.4. The Labute approximate surface area is 131 Å². The molecule has 3 aliphatic carbocycles. The van der Waals surface area contributed by atoms with Gasteiger partial charge in [0.25, 0.3) is 0 Å². The van der Waals surface area contributed by atoms with Crippen LogP contribution in [0, 0.1) is 12.8 Å². The first-order chi connectivity index (χ1) is 10.8. The molecule has 0 bridgehead atoms. The van der Waals surface area contributed by atoms with E-state index < -0.39 is 0 Å². The van der Waals surface area contributed by atoms with Crippen molar-refractivity contribution in [2.24, 2.45) is 5.92 Å². The first kappa shape index (κ1) is 12.2. The maximum absolute atomic E-state index is 2.41. The third-order valence-electron chi connectivity index (χ3n) is 5.55. The molecule has 0 heteroatoms. The van der Waals surface area contributed by atoms with Gasteiger partial charge in [-0.25, -0.2) is 0 Å². The number of hydrogen-bond acceptors (Lipinski definition) is 0. The van der Waals surface area contributed by atoms with Gasteiger partial charge in [0.1, 0.15) is 0 Å². The fourth-order valence-corrected chi connectivity index (χ4v) is 4.49. The van der Waals surface area contributed by atoms with E-state index in [1.54, 1.807) is 0 Å². The summed E-state index contributed by atoms with van der Waals surface area (Å²) >= 11 is 0. The van der Waals surface area contributed by atoms with Crippen molar-refractivity contribution in [2.45, 2.75) is 19.8 Å². The third kappa shape index (κ3) is 1.38. The summed E-state index contributed by atoms with van der Waals surface area (Å²) in [5.41, 5.74) is 8.70. The van der Waals surface area contributed by atoms with Gasteiger partial charge in [-0.1, -0.05) is 60.7 Å². The molecule has 22 heavy (non-hydrogen) atoms. The summed E-state index contributed by atoms with van der Waals surface area (Å²) < 4.78 is 0. The molecule has 2 aromatic carbocycles. The first-order valence-corrected chi connectivity index (χ1v) is 8.05. The van der Waals surface area contributed by atoms with Gasteiger partial charge < -0.3 is 0 Å². The fourth-order valence-electron chi connectivity index (χ4n) is 4.49. The standard InChI is InChI=1S/C22H18/c1-13-9-11-19-18-8-4-6-16-14(2)10-12-20(22(16)18)17-7-3-5-15(13)21(17)19/h3-12,19,21H,1-2H3. The number of fused-ring (bicyclic) bond motifs is 2. The second-order valence-electron chi connectivity index (χ2n) is 6.68. The van der Waals surface area contributed by atoms with Crippen LogP contribution in [0.1, 0.15) is 29.5 Å². The van der Waals surface area contributed by atoms with Crippen LogP contribution in [0.4, 0.5) is 0 Å². The van der Waals surface area contributed by atoms with Crippen molar-refractivity contribution < 1.29 is 0 Å². The molecule has 2 atom stereocenters. The van der Waals surface area contributed by atoms with Gasteiger partial charge in [-0.2, -0.15) is 0 Å². The minimum absolute atomic E-state index is 0.480. The second kappa shape index (κ2) is 4.10. The summed E-state index contributed by atoms with van der Waals surface area (Å²) in [6, 6.07) is 11.4. The van der Waals surface area contributed by atoms with E-state index in [-0.39, 0.29) is 0 Å². The van der Waals surface area contributed by atoms with Gasteiger partial charge in [-0.15, -0.1) is 0 Å². The Morgan fingerprint density at radius 1 is 0.955 bits per heavy atom. The zero-order valence-corrected chi connectivity index (χ0v) is 12.9. The molecule has 0 amide bonds. The van der Waals surface area contributed by atoms with Gasteiger partial charge >= 0.3 is 0 Å². The van der Waals surface area contributed by atoms with Gasteiger partial charge in [0.2, 0.25) is 0 Å². The molecular formula is C22H18. The average molecular weight is 282 g/mol. The van der Waals surface area contributed by atoms with Crippen LogP contribution in [-0.4, -0.2) is 0 Å². The highest BCUT2D eigenvalue weighted by molar-refractivity contribution is 6.02. The third-order valence-corrected chi connectivity index (χ3v) is 5.55. The van der Waals surface area contributed by atoms with Crippen LogP contribution in [0.25, 0.3) is 16.3 Å². The SMILES string of the molecule is CC1=C2C=CC=C3c4ccc(C)c5cccc(c45)C(C=C1)C32. The van der Waals surface area contributed by atoms with Gasteiger partial charge in [-0.3, -0.25) is 0 Å². The Bertz CT molecular complexity index is 947. The Kier molecular flexibility index (Phi) is 2.28. The predicted octanol–water partition coefficient (Wildman–Crippen LogP) is 5.70. The van der Waals surface area contributed by atoms with E-state index in [9.17, 15) is 0 Å². The van der Waals surface area contributed by atoms with Crippen LogP contribution in [0.3, 0.4) is 0 Å². The molecule has 0 aromatic heterocycles. The maximum atomic E-state index is 2.41. The van der Waals surface area contributed by atoms with Gasteiger partial charge in [-0.05, 0) is 58.0 Å². The summed E-state index contributed by atoms with van der Waals surface area (Å²) in [6.07, 6.45) is 11.6. The van der Waals surface area contributed by atoms with Crippen molar-refractivity contribution in [3.63, 3.8) is 0 Å². The number of aryl methyl sites for hydroxylation is 1. The summed E-state index contributed by atoms with van der Waals surface area (Å²) in [5.74, 6) is 0.976. The van der Waals surface area contributed by atoms with Crippen LogP contribution in [0.15, 0.2) is 71.9 Å². The van der Waals surface area contributed by atoms with Crippen molar-refractivity contribution in [3.05, 3.63) is 88.5 Å². The molecule has 0 heterocycles. The van der Waals surface area contributed by atoms with Crippen molar-refractivity contribution in [1.29, 1.82) is 0 Å². The summed E-state index contributed by atoms with van der Waals surface area (Å²) in [5, 5.41) is 2.87. The molecule has 0 spiro atoms. The molecule has 0 radical (unpaired) electrons. The number of benzene rings is 2. The zero-order valence-electron chi connectivity index (χ0n) is 12.9. The smallest absolute Gasteiger partial charge is 0.0202 e. The highest BCUT2D eigenvalue weighted by Crippen LogP contribution is 2.53. The van der Waals surface area contributed by atoms with E-state index in [0.717, 1.165) is 0 Å². The molecular weight excluding hydrogens is 264 g/mol. The number of allylic oxidation sites excluding steroid dienone is 8. The Hall–Kier alpha value is -2.34. The van der Waals surface area contributed by atoms with Crippen molar-refractivity contribution in [1.82, 2.24) is 0 Å². The molecule has 2 unspecified atom stereocenters. The monoisotopic (exact) mass is 282 g/mol. The number of hydrogen-bond donors (Lipinski definition) is 0. The molecule has 5 rings (SSSR count). The van der Waals surface area contributed by atoms with Gasteiger partial charge in [0, 0.05) is 11.8 Å². The van der Waals surface area contributed by atoms with Gasteiger partial charge in [0.05, 0.1) is 0 Å². The van der Waals surface area contributed by atoms with E-state index in [0.29, 0.717) is 11.8 Å². The largest absolute Gasteiger partial charge is 0.0758 e. The van der Waals surface area contributed by atoms with E-state index in [2.05, 4.69) is 74.6 Å². The lowest BCUT2D eigenvalue weighted by Crippen LogP contribution is -2.24. The van der Waals surface area contributed by atoms with E-state index >= 15 is 0 Å². The summed E-state index contributed by atoms with van der Waals surface area (Å²) in [7, 11) is 0. The topological polar surface area (TPSA) is 0 Å². The van der Waals surface area contributed by atoms with Crippen molar-refractivity contribution in [2.75, 3.05) is 0 Å². The fraction of sp³-hybridized carbons (Fsp3) is 0.182. The minimum Gasteiger partial charge on any atom is -0.0758 e. The van der Waals surface area contributed by atoms with Gasteiger partial charge in [0.15, 0.2) is 0 Å². The van der Waals surface area contributed by atoms with Crippen molar-refractivity contribution in [3.8, 4) is 0 Å². The lowest BCUT2D eigenvalue weighted by Gasteiger charge is -2.39. The van der Waals surface area contributed by atoms with Crippen LogP contribution in [0.2, 0.25) is 0 Å². The van der Waals surface area contributed by atoms with Crippen LogP contribution < -0.4 is 0 Å². The van der Waals surface area contributed by atoms with E-state index in [1.807, 2.05) is 0 Å². The van der Waals surface area contributed by atoms with E-state index in [1.165, 1.54) is 44.2 Å². The molecule has 0 aliphatic heterocycles. The van der Waals surface area contributed by atoms with Crippen LogP contribution in [-0.2, 0) is 0 Å². The molecule has 0 saturated carbocycles. The lowest BCUT2D eigenvalue weighted by molar-refractivity contribution is 0.676. The Morgan fingerprint density at radius 2 is 1.86 bits per heavy atom. The quantitative estimate of drug-likeness (QED) is 0.581. The normalized spacial score (nSPS) is 24.5. The second-order valence-corrected chi connectivity index (χ2v) is 6.68. The predicted molar refractivity (Wildman–Crippen MR) is 93.9 cm³/mol. The zero-order chi connectivity index (χ0) is 14.8. The van der Waals surface area contributed by atoms with E-state index in [4.69, 9.17) is 0 Å². The molecule has 0 nitrogen and oxygen atoms in total. The highest BCUT2D eigenvalue weighted by Gasteiger charge is 2.37. The van der Waals surface area contributed by atoms with Crippen LogP contribution in [0.5, 0.6) is 0 Å². The molecule has 0 fully saturated rings. The molecule has 106 valence electrons. The molecule has 3 aliphatic rings. The summed E-state index contributed by atoms with van der Waals surface area (Å²) in [6.45, 7) is 4.46. The average Bonchev–Trinajstić information content (AvgIpc) is 2.55. The molecule has 2 aromatic rings. The lowest BCUT2D eigenvalue weighted by atomic mass is 9.64. The van der Waals surface area contributed by atoms with Crippen LogP contribution >= 0.6 is 0 Å². The minimum atomic E-state index is 0.480. The maximum Gasteiger partial charge on any atom is 0.0202 e. The summed E-state index contributed by atoms with van der Waals surface area (Å²) in [4.78, 5) is 0.